The zero-order valence-electron chi connectivity index (χ0n) is 15.9. The molecule has 150 valence electrons. The molecule has 2 aromatic heterocycles. The number of benzene rings is 1. The minimum Gasteiger partial charge on any atom is -0.366 e. The van der Waals surface area contributed by atoms with Crippen molar-refractivity contribution in [2.45, 2.75) is 32.1 Å². The number of amides is 2. The predicted molar refractivity (Wildman–Crippen MR) is 107 cm³/mol. The number of nitrogens with two attached hydrogens (primary N) is 1. The van der Waals surface area contributed by atoms with Gasteiger partial charge in [-0.1, -0.05) is 11.4 Å². The number of primary amides is 1. The molecule has 29 heavy (non-hydrogen) atoms. The molecule has 1 saturated heterocycles. The van der Waals surface area contributed by atoms with Crippen LogP contribution in [-0.4, -0.2) is 44.4 Å². The maximum Gasteiger partial charge on any atom is 0.267 e. The van der Waals surface area contributed by atoms with Crippen LogP contribution in [0, 0.1) is 5.82 Å². The van der Waals surface area contributed by atoms with Crippen LogP contribution in [0.3, 0.4) is 0 Å². The van der Waals surface area contributed by atoms with Gasteiger partial charge < -0.3 is 10.6 Å². The van der Waals surface area contributed by atoms with Crippen molar-refractivity contribution >= 4 is 34.2 Å². The number of aromatic nitrogens is 3. The lowest BCUT2D eigenvalue weighted by Crippen LogP contribution is -2.39. The quantitative estimate of drug-likeness (QED) is 0.709. The molecule has 0 radical (unpaired) electrons. The highest BCUT2D eigenvalue weighted by Gasteiger charge is 2.31. The van der Waals surface area contributed by atoms with E-state index in [1.54, 1.807) is 17.0 Å². The van der Waals surface area contributed by atoms with Crippen molar-refractivity contribution in [3.8, 4) is 0 Å². The normalized spacial score (nSPS) is 16.9. The molecule has 1 aromatic carbocycles. The van der Waals surface area contributed by atoms with Gasteiger partial charge in [0, 0.05) is 24.4 Å². The zero-order chi connectivity index (χ0) is 20.5. The second-order valence-corrected chi connectivity index (χ2v) is 7.87. The van der Waals surface area contributed by atoms with E-state index in [4.69, 9.17) is 5.73 Å². The van der Waals surface area contributed by atoms with Gasteiger partial charge in [-0.25, -0.2) is 4.39 Å². The summed E-state index contributed by atoms with van der Waals surface area (Å²) >= 11 is 1.11. The van der Waals surface area contributed by atoms with Crippen molar-refractivity contribution in [3.63, 3.8) is 0 Å². The maximum atomic E-state index is 13.6. The molecule has 0 bridgehead atoms. The summed E-state index contributed by atoms with van der Waals surface area (Å²) in [6.07, 6.45) is 2.21. The number of carbonyl (C=O) groups excluding carboxylic acids is 2. The average molecular weight is 413 g/mol. The Morgan fingerprint density at radius 2 is 2.17 bits per heavy atom. The maximum absolute atomic E-state index is 13.6. The van der Waals surface area contributed by atoms with Gasteiger partial charge in [0.15, 0.2) is 0 Å². The third-order valence-corrected chi connectivity index (χ3v) is 6.01. The van der Waals surface area contributed by atoms with Crippen LogP contribution in [0.4, 0.5) is 4.39 Å². The van der Waals surface area contributed by atoms with Gasteiger partial charge in [-0.05, 0) is 55.1 Å². The lowest BCUT2D eigenvalue weighted by Gasteiger charge is -2.33. The third-order valence-electron chi connectivity index (χ3n) is 5.25. The fourth-order valence-electron chi connectivity index (χ4n) is 3.80. The molecular weight excluding hydrogens is 393 g/mol. The van der Waals surface area contributed by atoms with Crippen LogP contribution in [0.1, 0.15) is 57.1 Å². The Balaban J connectivity index is 1.68. The van der Waals surface area contributed by atoms with E-state index in [1.165, 1.54) is 12.1 Å². The standard InChI is InChI=1S/C20H20FN5O2S/c1-2-15-18(29-25-24-15)20(28)26-7-3-4-11(10-26)17-14(19(22)27)9-12-8-13(21)5-6-16(12)23-17/h5-6,8-9,11H,2-4,7,10H2,1H3,(H2,22,27)/t11-/m0/s1. The van der Waals surface area contributed by atoms with E-state index in [0.717, 1.165) is 24.4 Å². The third kappa shape index (κ3) is 3.69. The number of aryl methyl sites for hydroxylation is 1. The Morgan fingerprint density at radius 1 is 1.34 bits per heavy atom. The highest BCUT2D eigenvalue weighted by Crippen LogP contribution is 2.31. The summed E-state index contributed by atoms with van der Waals surface area (Å²) in [7, 11) is 0. The van der Waals surface area contributed by atoms with E-state index in [0.29, 0.717) is 46.7 Å². The zero-order valence-corrected chi connectivity index (χ0v) is 16.7. The lowest BCUT2D eigenvalue weighted by molar-refractivity contribution is 0.0709. The Morgan fingerprint density at radius 3 is 2.93 bits per heavy atom. The highest BCUT2D eigenvalue weighted by atomic mass is 32.1. The molecule has 1 fully saturated rings. The Labute approximate surface area is 170 Å². The van der Waals surface area contributed by atoms with Crippen molar-refractivity contribution in [3.05, 3.63) is 51.9 Å². The number of halogens is 1. The lowest BCUT2D eigenvalue weighted by atomic mass is 9.90. The molecule has 0 saturated carbocycles. The number of carbonyl (C=O) groups is 2. The largest absolute Gasteiger partial charge is 0.366 e. The van der Waals surface area contributed by atoms with Gasteiger partial charge in [-0.3, -0.25) is 14.6 Å². The van der Waals surface area contributed by atoms with Crippen LogP contribution in [0.2, 0.25) is 0 Å². The molecule has 3 heterocycles. The molecule has 7 nitrogen and oxygen atoms in total. The van der Waals surface area contributed by atoms with Gasteiger partial charge in [0.2, 0.25) is 0 Å². The van der Waals surface area contributed by atoms with Crippen LogP contribution in [-0.2, 0) is 6.42 Å². The number of rotatable bonds is 4. The predicted octanol–water partition coefficient (Wildman–Crippen LogP) is 2.91. The van der Waals surface area contributed by atoms with Crippen LogP contribution in [0.25, 0.3) is 10.9 Å². The molecule has 3 aromatic rings. The molecule has 0 unspecified atom stereocenters. The van der Waals surface area contributed by atoms with Crippen molar-refractivity contribution in [1.82, 2.24) is 19.5 Å². The molecule has 1 atom stereocenters. The van der Waals surface area contributed by atoms with E-state index in [9.17, 15) is 14.0 Å². The SMILES string of the molecule is CCc1nnsc1C(=O)N1CCC[C@H](c2nc3ccc(F)cc3cc2C(N)=O)C1. The van der Waals surface area contributed by atoms with E-state index >= 15 is 0 Å². The average Bonchev–Trinajstić information content (AvgIpc) is 3.21. The molecule has 0 aliphatic carbocycles. The minimum absolute atomic E-state index is 0.0926. The summed E-state index contributed by atoms with van der Waals surface area (Å²) in [5, 5.41) is 4.55. The number of likely N-dealkylation sites (tertiary alicyclic amines) is 1. The minimum atomic E-state index is -0.609. The first-order valence-corrected chi connectivity index (χ1v) is 10.3. The van der Waals surface area contributed by atoms with Crippen molar-refractivity contribution in [2.75, 3.05) is 13.1 Å². The smallest absolute Gasteiger partial charge is 0.267 e. The van der Waals surface area contributed by atoms with Gasteiger partial charge >= 0.3 is 0 Å². The summed E-state index contributed by atoms with van der Waals surface area (Å²) in [6, 6.07) is 5.84. The monoisotopic (exact) mass is 413 g/mol. The van der Waals surface area contributed by atoms with E-state index < -0.39 is 11.7 Å². The summed E-state index contributed by atoms with van der Waals surface area (Å²) in [4.78, 5) is 32.0. The Kier molecular flexibility index (Phi) is 5.23. The first-order valence-electron chi connectivity index (χ1n) is 9.48. The number of nitrogens with zero attached hydrogens (tertiary/aromatic N) is 4. The number of hydrogen-bond donors (Lipinski definition) is 1. The number of piperidine rings is 1. The topological polar surface area (TPSA) is 102 Å². The van der Waals surface area contributed by atoms with E-state index in [2.05, 4.69) is 14.6 Å². The second kappa shape index (κ2) is 7.82. The van der Waals surface area contributed by atoms with Crippen LogP contribution >= 0.6 is 11.5 Å². The molecule has 1 aliphatic rings. The fourth-order valence-corrected chi connectivity index (χ4v) is 4.52. The first kappa shape index (κ1) is 19.4. The number of pyridine rings is 1. The summed E-state index contributed by atoms with van der Waals surface area (Å²) < 4.78 is 17.5. The van der Waals surface area contributed by atoms with Crippen LogP contribution < -0.4 is 5.73 Å². The molecule has 9 heteroatoms. The van der Waals surface area contributed by atoms with Crippen molar-refractivity contribution in [1.29, 1.82) is 0 Å². The summed E-state index contributed by atoms with van der Waals surface area (Å²) in [5.74, 6) is -1.23. The van der Waals surface area contributed by atoms with Gasteiger partial charge in [-0.15, -0.1) is 5.10 Å². The fraction of sp³-hybridized carbons (Fsp3) is 0.350. The number of hydrogen-bond acceptors (Lipinski definition) is 6. The summed E-state index contributed by atoms with van der Waals surface area (Å²) in [6.45, 7) is 2.99. The summed E-state index contributed by atoms with van der Waals surface area (Å²) in [5.41, 5.74) is 7.72. The van der Waals surface area contributed by atoms with E-state index in [1.807, 2.05) is 6.92 Å². The van der Waals surface area contributed by atoms with Crippen LogP contribution in [0.5, 0.6) is 0 Å². The van der Waals surface area contributed by atoms with Crippen LogP contribution in [0.15, 0.2) is 24.3 Å². The molecule has 4 rings (SSSR count). The highest BCUT2D eigenvalue weighted by molar-refractivity contribution is 7.08. The molecule has 2 N–H and O–H groups in total. The second-order valence-electron chi connectivity index (χ2n) is 7.12. The van der Waals surface area contributed by atoms with E-state index in [-0.39, 0.29) is 17.4 Å². The molecule has 1 aliphatic heterocycles. The van der Waals surface area contributed by atoms with Gasteiger partial charge in [0.1, 0.15) is 10.7 Å². The Hall–Kier alpha value is -2.94. The molecule has 2 amide bonds. The van der Waals surface area contributed by atoms with Gasteiger partial charge in [-0.2, -0.15) is 0 Å². The van der Waals surface area contributed by atoms with Gasteiger partial charge in [0.05, 0.1) is 22.5 Å². The van der Waals surface area contributed by atoms with Gasteiger partial charge in [0.25, 0.3) is 11.8 Å². The molecular formula is C20H20FN5O2S. The number of fused-ring (bicyclic) bond motifs is 1. The Bertz CT molecular complexity index is 1100. The molecule has 0 spiro atoms. The van der Waals surface area contributed by atoms with Crippen molar-refractivity contribution in [2.24, 2.45) is 5.73 Å². The first-order chi connectivity index (χ1) is 14.0. The van der Waals surface area contributed by atoms with Crippen molar-refractivity contribution < 1.29 is 14.0 Å².